The summed E-state index contributed by atoms with van der Waals surface area (Å²) < 4.78 is 0. The van der Waals surface area contributed by atoms with Crippen LogP contribution in [0.4, 0.5) is 4.79 Å². The SMILES string of the molecule is Cc1nc(CCNC(=O)N2C[C@H](O)C[C@H]2C(=O)O)cs1. The summed E-state index contributed by atoms with van der Waals surface area (Å²) in [5.41, 5.74) is 0.907. The van der Waals surface area contributed by atoms with E-state index in [1.165, 1.54) is 4.90 Å². The van der Waals surface area contributed by atoms with Gasteiger partial charge in [-0.25, -0.2) is 14.6 Å². The molecule has 2 rings (SSSR count). The van der Waals surface area contributed by atoms with Crippen LogP contribution >= 0.6 is 11.3 Å². The first kappa shape index (κ1) is 14.7. The molecule has 0 radical (unpaired) electrons. The number of likely N-dealkylation sites (tertiary alicyclic amines) is 1. The van der Waals surface area contributed by atoms with E-state index in [0.717, 1.165) is 10.7 Å². The molecule has 20 heavy (non-hydrogen) atoms. The smallest absolute Gasteiger partial charge is 0.326 e. The van der Waals surface area contributed by atoms with Gasteiger partial charge in [0, 0.05) is 31.3 Å². The summed E-state index contributed by atoms with van der Waals surface area (Å²) in [4.78, 5) is 28.4. The number of aliphatic hydroxyl groups excluding tert-OH is 1. The molecule has 7 nitrogen and oxygen atoms in total. The fourth-order valence-corrected chi connectivity index (χ4v) is 2.84. The minimum atomic E-state index is -1.09. The number of aryl methyl sites for hydroxylation is 1. The number of nitrogens with one attached hydrogen (secondary N) is 1. The minimum absolute atomic E-state index is 0.0542. The van der Waals surface area contributed by atoms with Crippen LogP contribution in [0.5, 0.6) is 0 Å². The summed E-state index contributed by atoms with van der Waals surface area (Å²) in [7, 11) is 0. The minimum Gasteiger partial charge on any atom is -0.480 e. The van der Waals surface area contributed by atoms with Gasteiger partial charge >= 0.3 is 12.0 Å². The Morgan fingerprint density at radius 1 is 1.60 bits per heavy atom. The maximum Gasteiger partial charge on any atom is 0.326 e. The predicted octanol–water partition coefficient (Wildman–Crippen LogP) is 0.223. The van der Waals surface area contributed by atoms with Crippen LogP contribution in [0.3, 0.4) is 0 Å². The molecule has 2 heterocycles. The van der Waals surface area contributed by atoms with Gasteiger partial charge in [-0.05, 0) is 6.92 Å². The molecule has 0 spiro atoms. The lowest BCUT2D eigenvalue weighted by molar-refractivity contribution is -0.141. The highest BCUT2D eigenvalue weighted by molar-refractivity contribution is 7.09. The van der Waals surface area contributed by atoms with E-state index in [0.29, 0.717) is 13.0 Å². The number of aliphatic carboxylic acids is 1. The van der Waals surface area contributed by atoms with Gasteiger partial charge in [-0.15, -0.1) is 11.3 Å². The van der Waals surface area contributed by atoms with Gasteiger partial charge in [0.2, 0.25) is 0 Å². The highest BCUT2D eigenvalue weighted by Gasteiger charge is 2.38. The van der Waals surface area contributed by atoms with Crippen LogP contribution in [-0.4, -0.2) is 57.3 Å². The largest absolute Gasteiger partial charge is 0.480 e. The van der Waals surface area contributed by atoms with Gasteiger partial charge in [0.05, 0.1) is 16.8 Å². The normalized spacial score (nSPS) is 22.0. The Morgan fingerprint density at radius 3 is 2.95 bits per heavy atom. The molecule has 1 aromatic heterocycles. The summed E-state index contributed by atoms with van der Waals surface area (Å²) in [6.45, 7) is 2.36. The van der Waals surface area contributed by atoms with E-state index in [4.69, 9.17) is 5.11 Å². The number of rotatable bonds is 4. The van der Waals surface area contributed by atoms with E-state index in [9.17, 15) is 14.7 Å². The van der Waals surface area contributed by atoms with Crippen LogP contribution in [0.25, 0.3) is 0 Å². The standard InChI is InChI=1S/C12H17N3O4S/c1-7-14-8(6-20-7)2-3-13-12(19)15-5-9(16)4-10(15)11(17)18/h6,9-10,16H,2-5H2,1H3,(H,13,19)(H,17,18)/t9-,10+/m1/s1. The van der Waals surface area contributed by atoms with Gasteiger partial charge in [0.15, 0.2) is 0 Å². The van der Waals surface area contributed by atoms with Crippen molar-refractivity contribution in [1.82, 2.24) is 15.2 Å². The van der Waals surface area contributed by atoms with E-state index >= 15 is 0 Å². The Hall–Kier alpha value is -1.67. The molecule has 2 atom stereocenters. The van der Waals surface area contributed by atoms with Gasteiger partial charge in [0.25, 0.3) is 0 Å². The quantitative estimate of drug-likeness (QED) is 0.738. The molecule has 0 unspecified atom stereocenters. The van der Waals surface area contributed by atoms with Crippen LogP contribution in [0.15, 0.2) is 5.38 Å². The summed E-state index contributed by atoms with van der Waals surface area (Å²) in [6.07, 6.45) is -0.0961. The van der Waals surface area contributed by atoms with Crippen LogP contribution in [0.2, 0.25) is 0 Å². The molecule has 1 saturated heterocycles. The first-order valence-electron chi connectivity index (χ1n) is 6.33. The topological polar surface area (TPSA) is 103 Å². The molecule has 3 N–H and O–H groups in total. The summed E-state index contributed by atoms with van der Waals surface area (Å²) >= 11 is 1.55. The van der Waals surface area contributed by atoms with E-state index in [2.05, 4.69) is 10.3 Å². The molecule has 1 aromatic rings. The maximum atomic E-state index is 11.9. The zero-order valence-corrected chi connectivity index (χ0v) is 11.9. The second-order valence-electron chi connectivity index (χ2n) is 4.74. The number of amides is 2. The van der Waals surface area contributed by atoms with Crippen molar-refractivity contribution in [2.45, 2.75) is 31.9 Å². The van der Waals surface area contributed by atoms with Gasteiger partial charge in [-0.2, -0.15) is 0 Å². The molecule has 1 aliphatic rings. The van der Waals surface area contributed by atoms with E-state index < -0.39 is 24.1 Å². The summed E-state index contributed by atoms with van der Waals surface area (Å²) in [5, 5.41) is 24.1. The number of thiazole rings is 1. The number of aliphatic hydroxyl groups is 1. The third-order valence-corrected chi connectivity index (χ3v) is 3.97. The number of carbonyl (C=O) groups is 2. The third-order valence-electron chi connectivity index (χ3n) is 3.15. The number of β-amino-alcohol motifs (C(OH)–C–C–N with tert-alkyl or cyclic N) is 1. The highest BCUT2D eigenvalue weighted by Crippen LogP contribution is 2.18. The predicted molar refractivity (Wildman–Crippen MR) is 72.7 cm³/mol. The maximum absolute atomic E-state index is 11.9. The van der Waals surface area contributed by atoms with Gasteiger partial charge in [-0.3, -0.25) is 0 Å². The Bertz CT molecular complexity index is 505. The molecule has 0 bridgehead atoms. The Labute approximate surface area is 120 Å². The molecule has 8 heteroatoms. The Morgan fingerprint density at radius 2 is 2.35 bits per heavy atom. The van der Waals surface area contributed by atoms with Crippen molar-refractivity contribution in [3.63, 3.8) is 0 Å². The zero-order chi connectivity index (χ0) is 14.7. The number of carboxylic acids is 1. The van der Waals surface area contributed by atoms with Crippen LogP contribution in [-0.2, 0) is 11.2 Å². The molecular weight excluding hydrogens is 282 g/mol. The molecule has 0 aromatic carbocycles. The second-order valence-corrected chi connectivity index (χ2v) is 5.80. The first-order valence-corrected chi connectivity index (χ1v) is 7.21. The first-order chi connectivity index (χ1) is 9.47. The monoisotopic (exact) mass is 299 g/mol. The zero-order valence-electron chi connectivity index (χ0n) is 11.1. The molecule has 1 fully saturated rings. The van der Waals surface area contributed by atoms with Crippen molar-refractivity contribution in [2.24, 2.45) is 0 Å². The number of hydrogen-bond acceptors (Lipinski definition) is 5. The molecule has 2 amide bonds. The molecule has 110 valence electrons. The lowest BCUT2D eigenvalue weighted by atomic mass is 10.2. The lowest BCUT2D eigenvalue weighted by Gasteiger charge is -2.21. The highest BCUT2D eigenvalue weighted by atomic mass is 32.1. The van der Waals surface area contributed by atoms with Gasteiger partial charge in [-0.1, -0.05) is 0 Å². The number of nitrogens with zero attached hydrogens (tertiary/aromatic N) is 2. The fourth-order valence-electron chi connectivity index (χ4n) is 2.19. The van der Waals surface area contributed by atoms with E-state index in [1.807, 2.05) is 12.3 Å². The molecular formula is C12H17N3O4S. The average Bonchev–Trinajstić information content (AvgIpc) is 2.95. The van der Waals surface area contributed by atoms with Crippen molar-refractivity contribution in [3.05, 3.63) is 16.1 Å². The van der Waals surface area contributed by atoms with Crippen molar-refractivity contribution < 1.29 is 19.8 Å². The average molecular weight is 299 g/mol. The van der Waals surface area contributed by atoms with Gasteiger partial charge < -0.3 is 20.4 Å². The number of hydrogen-bond donors (Lipinski definition) is 3. The van der Waals surface area contributed by atoms with Crippen molar-refractivity contribution >= 4 is 23.3 Å². The van der Waals surface area contributed by atoms with Crippen LogP contribution in [0.1, 0.15) is 17.1 Å². The summed E-state index contributed by atoms with van der Waals surface area (Å²) in [5.74, 6) is -1.09. The lowest BCUT2D eigenvalue weighted by Crippen LogP contribution is -2.46. The Balaban J connectivity index is 1.83. The number of carboxylic acid groups (broad SMARTS) is 1. The molecule has 0 aliphatic carbocycles. The molecule has 0 saturated carbocycles. The van der Waals surface area contributed by atoms with Crippen molar-refractivity contribution in [3.8, 4) is 0 Å². The van der Waals surface area contributed by atoms with Crippen molar-refractivity contribution in [2.75, 3.05) is 13.1 Å². The third kappa shape index (κ3) is 3.45. The van der Waals surface area contributed by atoms with Crippen LogP contribution < -0.4 is 5.32 Å². The molecule has 1 aliphatic heterocycles. The number of urea groups is 1. The van der Waals surface area contributed by atoms with E-state index in [-0.39, 0.29) is 13.0 Å². The van der Waals surface area contributed by atoms with Crippen molar-refractivity contribution in [1.29, 1.82) is 0 Å². The summed E-state index contributed by atoms with van der Waals surface area (Å²) in [6, 6.07) is -1.41. The van der Waals surface area contributed by atoms with E-state index in [1.54, 1.807) is 11.3 Å². The second kappa shape index (κ2) is 6.19. The number of carbonyl (C=O) groups excluding carboxylic acids is 1. The van der Waals surface area contributed by atoms with Gasteiger partial charge in [0.1, 0.15) is 6.04 Å². The number of aromatic nitrogens is 1. The Kier molecular flexibility index (Phi) is 4.56. The fraction of sp³-hybridized carbons (Fsp3) is 0.583. The van der Waals surface area contributed by atoms with Crippen LogP contribution in [0, 0.1) is 6.92 Å².